The Morgan fingerprint density at radius 2 is 1.08 bits per heavy atom. The van der Waals surface area contributed by atoms with Crippen molar-refractivity contribution in [2.24, 2.45) is 11.8 Å². The smallest absolute Gasteiger partial charge is 0.303 e. The van der Waals surface area contributed by atoms with Gasteiger partial charge in [-0.25, -0.2) is 25.4 Å². The summed E-state index contributed by atoms with van der Waals surface area (Å²) in [5, 5.41) is 10.5. The van der Waals surface area contributed by atoms with Crippen LogP contribution in [-0.4, -0.2) is 109 Å². The van der Waals surface area contributed by atoms with Crippen molar-refractivity contribution in [1.82, 2.24) is 23.5 Å². The molecule has 4 aliphatic rings. The van der Waals surface area contributed by atoms with Crippen LogP contribution >= 0.6 is 23.2 Å². The van der Waals surface area contributed by atoms with E-state index in [9.17, 15) is 31.5 Å². The lowest BCUT2D eigenvalue weighted by Gasteiger charge is -2.35. The molecule has 4 aromatic rings. The fourth-order valence-electron chi connectivity index (χ4n) is 10.3. The van der Waals surface area contributed by atoms with Crippen LogP contribution in [0.2, 0.25) is 10.0 Å². The molecule has 16 heteroatoms. The number of piperidine rings is 2. The number of carboxylic acids is 1. The molecule has 352 valence electrons. The van der Waals surface area contributed by atoms with Crippen molar-refractivity contribution in [3.05, 3.63) is 128 Å². The number of carboxylic acid groups (broad SMARTS) is 1. The number of allylic oxidation sites excluding steroid dienone is 2. The van der Waals surface area contributed by atoms with Crippen molar-refractivity contribution in [2.45, 2.75) is 77.0 Å². The van der Waals surface area contributed by atoms with Gasteiger partial charge in [0.2, 0.25) is 26.0 Å². The van der Waals surface area contributed by atoms with Gasteiger partial charge in [-0.2, -0.15) is 0 Å². The molecule has 0 radical (unpaired) electrons. The molecule has 2 atom stereocenters. The Labute approximate surface area is 399 Å². The predicted octanol–water partition coefficient (Wildman–Crippen LogP) is 9.30. The normalized spacial score (nSPS) is 19.3. The largest absolute Gasteiger partial charge is 0.481 e. The highest BCUT2D eigenvalue weighted by Gasteiger charge is 2.38. The number of aliphatic carboxylic acids is 1. The van der Waals surface area contributed by atoms with Crippen molar-refractivity contribution in [3.8, 4) is 0 Å². The van der Waals surface area contributed by atoms with E-state index in [1.54, 1.807) is 14.8 Å². The van der Waals surface area contributed by atoms with Crippen LogP contribution in [0.5, 0.6) is 0 Å². The molecule has 2 aliphatic carbocycles. The van der Waals surface area contributed by atoms with E-state index in [1.165, 1.54) is 12.5 Å². The molecule has 0 saturated carbocycles. The number of hydrogen-bond acceptors (Lipinski definition) is 8. The van der Waals surface area contributed by atoms with Gasteiger partial charge >= 0.3 is 5.97 Å². The molecule has 2 saturated heterocycles. The fraction of sp³-hybridized carbons (Fsp3) is 0.440. The van der Waals surface area contributed by atoms with Crippen LogP contribution in [0.1, 0.15) is 122 Å². The minimum atomic E-state index is -3.20. The van der Waals surface area contributed by atoms with Gasteiger partial charge in [-0.05, 0) is 145 Å². The molecule has 66 heavy (non-hydrogen) atoms. The first-order chi connectivity index (χ1) is 31.5. The average Bonchev–Trinajstić information content (AvgIpc) is 3.51. The monoisotopic (exact) mass is 975 g/mol. The number of halogens is 2. The van der Waals surface area contributed by atoms with E-state index < -0.39 is 26.0 Å². The van der Waals surface area contributed by atoms with Crippen LogP contribution in [0, 0.1) is 11.8 Å². The zero-order chi connectivity index (χ0) is 47.3. The number of amides is 1. The Hall–Kier alpha value is -4.44. The number of pyridine rings is 2. The molecule has 8 rings (SSSR count). The minimum Gasteiger partial charge on any atom is -0.481 e. The van der Waals surface area contributed by atoms with E-state index >= 15 is 0 Å². The Morgan fingerprint density at radius 1 is 0.667 bits per heavy atom. The maximum Gasteiger partial charge on any atom is 0.303 e. The number of benzene rings is 2. The van der Waals surface area contributed by atoms with Crippen LogP contribution in [0.25, 0.3) is 23.3 Å². The van der Waals surface area contributed by atoms with Gasteiger partial charge in [0.05, 0.1) is 23.9 Å². The third kappa shape index (κ3) is 11.4. The number of nitrogens with zero attached hydrogens (tertiary/aromatic N) is 5. The Balaban J connectivity index is 0.000000198. The van der Waals surface area contributed by atoms with Gasteiger partial charge in [0.25, 0.3) is 0 Å². The lowest BCUT2D eigenvalue weighted by Crippen LogP contribution is -2.39. The third-order valence-corrected chi connectivity index (χ3v) is 16.7. The summed E-state index contributed by atoms with van der Waals surface area (Å²) in [4.78, 5) is 35.5. The molecule has 2 unspecified atom stereocenters. The number of fused-ring (bicyclic) bond motifs is 4. The molecule has 1 amide bonds. The summed E-state index contributed by atoms with van der Waals surface area (Å²) in [6.07, 6.45) is 14.9. The summed E-state index contributed by atoms with van der Waals surface area (Å²) in [5.41, 5.74) is 10.3. The first-order valence-corrected chi connectivity index (χ1v) is 27.2. The quantitative estimate of drug-likeness (QED) is 0.146. The molecule has 0 bridgehead atoms. The summed E-state index contributed by atoms with van der Waals surface area (Å²) in [6, 6.07) is 19.7. The molecule has 2 fully saturated rings. The number of aromatic nitrogens is 2. The summed E-state index contributed by atoms with van der Waals surface area (Å²) < 4.78 is 51.2. The maximum absolute atomic E-state index is 12.8. The second kappa shape index (κ2) is 21.2. The number of sulfonamides is 2. The number of rotatable bonds is 12. The van der Waals surface area contributed by atoms with Crippen molar-refractivity contribution < 1.29 is 31.5 Å². The molecule has 4 heterocycles. The molecule has 1 N–H and O–H groups in total. The minimum absolute atomic E-state index is 0.0104. The van der Waals surface area contributed by atoms with E-state index in [0.29, 0.717) is 68.6 Å². The number of carbonyl (C=O) groups excluding carboxylic acids is 1. The Bertz CT molecular complexity index is 2730. The van der Waals surface area contributed by atoms with Crippen LogP contribution in [0.15, 0.2) is 73.1 Å². The summed E-state index contributed by atoms with van der Waals surface area (Å²) in [5.74, 6) is -0.185. The highest BCUT2D eigenvalue weighted by molar-refractivity contribution is 7.88. The van der Waals surface area contributed by atoms with Gasteiger partial charge < -0.3 is 10.0 Å². The van der Waals surface area contributed by atoms with Gasteiger partial charge in [0, 0.05) is 86.4 Å². The topological polar surface area (TPSA) is 158 Å². The molecule has 12 nitrogen and oxygen atoms in total. The van der Waals surface area contributed by atoms with Crippen LogP contribution in [0.3, 0.4) is 0 Å². The van der Waals surface area contributed by atoms with E-state index in [2.05, 4.69) is 18.2 Å². The van der Waals surface area contributed by atoms with Gasteiger partial charge in [0.15, 0.2) is 0 Å². The van der Waals surface area contributed by atoms with Crippen molar-refractivity contribution in [3.63, 3.8) is 0 Å². The van der Waals surface area contributed by atoms with E-state index in [1.807, 2.05) is 79.6 Å². The highest BCUT2D eigenvalue weighted by atomic mass is 35.5. The van der Waals surface area contributed by atoms with E-state index in [-0.39, 0.29) is 36.0 Å². The Morgan fingerprint density at radius 3 is 1.45 bits per heavy atom. The predicted molar refractivity (Wildman–Crippen MR) is 263 cm³/mol. The first kappa shape index (κ1) is 49.5. The van der Waals surface area contributed by atoms with Crippen molar-refractivity contribution >= 4 is 78.4 Å². The van der Waals surface area contributed by atoms with Crippen LogP contribution in [-0.2, 0) is 29.6 Å². The molecule has 2 aliphatic heterocycles. The summed E-state index contributed by atoms with van der Waals surface area (Å²) in [7, 11) is -6.40. The SMILES string of the molecule is CCN(CC)C(=O)CCC1=Cc2cc(Cl)ccc2C(C2CCN(S(C)(=O)=O)CC2)c2ncccc21.CS(=O)(=O)N1CCC(C2c3ccc(Cl)cc3C=C(CCC(=O)O)c3cccnc32)CC1. The van der Waals surface area contributed by atoms with E-state index in [4.69, 9.17) is 33.2 Å². The third-order valence-electron chi connectivity index (χ3n) is 13.6. The zero-order valence-corrected chi connectivity index (χ0v) is 41.1. The maximum atomic E-state index is 12.8. The molecule has 2 aromatic carbocycles. The fourth-order valence-corrected chi connectivity index (χ4v) is 12.4. The van der Waals surface area contributed by atoms with E-state index in [0.717, 1.165) is 81.6 Å². The van der Waals surface area contributed by atoms with Crippen molar-refractivity contribution in [2.75, 3.05) is 51.8 Å². The molecular formula is C50H59Cl2N5O7S2. The summed E-state index contributed by atoms with van der Waals surface area (Å²) >= 11 is 12.7. The highest BCUT2D eigenvalue weighted by Crippen LogP contribution is 2.47. The van der Waals surface area contributed by atoms with Crippen molar-refractivity contribution in [1.29, 1.82) is 0 Å². The lowest BCUT2D eigenvalue weighted by molar-refractivity contribution is -0.137. The second-order valence-corrected chi connectivity index (χ2v) is 22.5. The second-order valence-electron chi connectivity index (χ2n) is 17.7. The van der Waals surface area contributed by atoms with Crippen LogP contribution < -0.4 is 0 Å². The zero-order valence-electron chi connectivity index (χ0n) is 38.0. The van der Waals surface area contributed by atoms with Gasteiger partial charge in [0.1, 0.15) is 0 Å². The van der Waals surface area contributed by atoms with Gasteiger partial charge in [-0.3, -0.25) is 19.6 Å². The van der Waals surface area contributed by atoms with Gasteiger partial charge in [-0.1, -0.05) is 59.6 Å². The lowest BCUT2D eigenvalue weighted by atomic mass is 9.76. The standard InChI is InChI=1S/C27H34ClN3O3S.C23H25ClN2O4S/c1-4-30(5-2)25(32)11-8-20-17-21-18-22(28)9-10-23(21)26(27-24(20)7-6-14-29-27)19-12-15-31(16-13-19)35(3,33)34;1-31(29,30)26-11-8-15(9-12-26)22-19-6-5-18(24)14-17(19)13-16(4-7-21(27)28)20-3-2-10-25-23(20)22/h6-7,9-10,14,17-19,26H,4-5,8,11-13,15-16H2,1-3H3;2-3,5-6,10,13-15,22H,4,7-9,11-12H2,1H3,(H,27,28). The number of hydrogen-bond donors (Lipinski definition) is 1. The van der Waals surface area contributed by atoms with Gasteiger partial charge in [-0.15, -0.1) is 0 Å². The van der Waals surface area contributed by atoms with Crippen LogP contribution in [0.4, 0.5) is 0 Å². The molecule has 0 spiro atoms. The number of carbonyl (C=O) groups is 2. The first-order valence-electron chi connectivity index (χ1n) is 22.8. The molecule has 2 aromatic heterocycles. The summed E-state index contributed by atoms with van der Waals surface area (Å²) in [6.45, 7) is 7.44. The Kier molecular flexibility index (Phi) is 15.9. The molecular weight excluding hydrogens is 918 g/mol. The average molecular weight is 977 g/mol.